The summed E-state index contributed by atoms with van der Waals surface area (Å²) in [6.07, 6.45) is 1.17. The Kier molecular flexibility index (Phi) is 3.79. The first kappa shape index (κ1) is 11.8. The predicted molar refractivity (Wildman–Crippen MR) is 48.6 cm³/mol. The van der Waals surface area contributed by atoms with Gasteiger partial charge in [-0.05, 0) is 19.9 Å². The Morgan fingerprint density at radius 3 is 2.21 bits per heavy atom. The molecule has 1 aliphatic rings. The van der Waals surface area contributed by atoms with Gasteiger partial charge in [0.05, 0.1) is 0 Å². The summed E-state index contributed by atoms with van der Waals surface area (Å²) < 4.78 is 47.2. The fourth-order valence-electron chi connectivity index (χ4n) is 1.51. The zero-order valence-electron chi connectivity index (χ0n) is 7.91. The van der Waals surface area contributed by atoms with Crippen LogP contribution in [0.25, 0.3) is 0 Å². The summed E-state index contributed by atoms with van der Waals surface area (Å²) in [5.41, 5.74) is 0. The number of rotatable bonds is 3. The smallest absolute Gasteiger partial charge is 0.317 e. The molecule has 0 amide bonds. The van der Waals surface area contributed by atoms with Gasteiger partial charge in [0, 0.05) is 19.1 Å². The molecule has 1 heterocycles. The second-order valence-corrected chi connectivity index (χ2v) is 5.17. The zero-order chi connectivity index (χ0) is 10.8. The number of piperidine rings is 1. The fourth-order valence-corrected chi connectivity index (χ4v) is 2.46. The van der Waals surface area contributed by atoms with E-state index in [0.717, 1.165) is 4.31 Å². The van der Waals surface area contributed by atoms with Crippen molar-refractivity contribution in [1.82, 2.24) is 9.62 Å². The molecule has 1 aliphatic heterocycles. The van der Waals surface area contributed by atoms with Crippen molar-refractivity contribution in [3.63, 3.8) is 0 Å². The molecule has 0 aliphatic carbocycles. The Hall–Kier alpha value is -0.270. The van der Waals surface area contributed by atoms with E-state index in [9.17, 15) is 17.2 Å². The Morgan fingerprint density at radius 2 is 1.86 bits per heavy atom. The molecule has 0 aromatic heterocycles. The normalized spacial score (nSPS) is 21.7. The molecule has 4 nitrogen and oxygen atoms in total. The monoisotopic (exact) mass is 228 g/mol. The molecule has 1 fully saturated rings. The predicted octanol–water partition coefficient (Wildman–Crippen LogP) is 0.223. The van der Waals surface area contributed by atoms with Gasteiger partial charge in [0.2, 0.25) is 0 Å². The number of hydrogen-bond acceptors (Lipinski definition) is 3. The highest BCUT2D eigenvalue weighted by atomic mass is 32.2. The standard InChI is InChI=1S/C7H14F2N2O2S/c1-10-6-2-4-11(5-3-6)14(12,13)7(8)9/h6-7,10H,2-5H2,1H3. The Bertz CT molecular complexity index is 273. The van der Waals surface area contributed by atoms with Crippen LogP contribution in [0.15, 0.2) is 0 Å². The molecule has 0 bridgehead atoms. The van der Waals surface area contributed by atoms with Gasteiger partial charge in [0.1, 0.15) is 0 Å². The maximum Gasteiger partial charge on any atom is 0.350 e. The fraction of sp³-hybridized carbons (Fsp3) is 1.00. The number of nitrogens with one attached hydrogen (secondary N) is 1. The maximum absolute atomic E-state index is 12.1. The highest BCUT2D eigenvalue weighted by Gasteiger charge is 2.34. The van der Waals surface area contributed by atoms with E-state index in [4.69, 9.17) is 0 Å². The molecular weight excluding hydrogens is 214 g/mol. The van der Waals surface area contributed by atoms with Crippen LogP contribution in [0.1, 0.15) is 12.8 Å². The second-order valence-electron chi connectivity index (χ2n) is 3.27. The Morgan fingerprint density at radius 1 is 1.36 bits per heavy atom. The van der Waals surface area contributed by atoms with Crippen molar-refractivity contribution < 1.29 is 17.2 Å². The van der Waals surface area contributed by atoms with Crippen molar-refractivity contribution in [2.24, 2.45) is 0 Å². The third kappa shape index (κ3) is 2.40. The molecular formula is C7H14F2N2O2S. The first-order valence-electron chi connectivity index (χ1n) is 4.43. The average molecular weight is 228 g/mol. The molecule has 0 spiro atoms. The first-order chi connectivity index (χ1) is 6.48. The molecule has 84 valence electrons. The molecule has 1 N–H and O–H groups in total. The molecule has 0 atom stereocenters. The lowest BCUT2D eigenvalue weighted by Gasteiger charge is -2.30. The van der Waals surface area contributed by atoms with E-state index < -0.39 is 15.8 Å². The molecule has 0 radical (unpaired) electrons. The largest absolute Gasteiger partial charge is 0.350 e. The first-order valence-corrected chi connectivity index (χ1v) is 5.93. The van der Waals surface area contributed by atoms with Crippen LogP contribution in [0.5, 0.6) is 0 Å². The van der Waals surface area contributed by atoms with Crippen LogP contribution >= 0.6 is 0 Å². The minimum Gasteiger partial charge on any atom is -0.317 e. The lowest BCUT2D eigenvalue weighted by atomic mass is 10.1. The summed E-state index contributed by atoms with van der Waals surface area (Å²) in [5.74, 6) is -3.30. The van der Waals surface area contributed by atoms with Gasteiger partial charge in [-0.15, -0.1) is 0 Å². The van der Waals surface area contributed by atoms with Gasteiger partial charge >= 0.3 is 5.76 Å². The van der Waals surface area contributed by atoms with Gasteiger partial charge in [-0.3, -0.25) is 0 Å². The van der Waals surface area contributed by atoms with Gasteiger partial charge in [-0.25, -0.2) is 8.42 Å². The summed E-state index contributed by atoms with van der Waals surface area (Å²) in [7, 11) is -2.58. The highest BCUT2D eigenvalue weighted by Crippen LogP contribution is 2.18. The van der Waals surface area contributed by atoms with Gasteiger partial charge in [-0.2, -0.15) is 13.1 Å². The van der Waals surface area contributed by atoms with Gasteiger partial charge in [0.25, 0.3) is 10.0 Å². The number of alkyl halides is 2. The highest BCUT2D eigenvalue weighted by molar-refractivity contribution is 7.89. The molecule has 14 heavy (non-hydrogen) atoms. The van der Waals surface area contributed by atoms with Crippen LogP contribution in [0.3, 0.4) is 0 Å². The second kappa shape index (κ2) is 4.50. The summed E-state index contributed by atoms with van der Waals surface area (Å²) in [4.78, 5) is 0. The molecule has 0 saturated carbocycles. The lowest BCUT2D eigenvalue weighted by molar-refractivity contribution is 0.208. The van der Waals surface area contributed by atoms with Gasteiger partial charge in [0.15, 0.2) is 0 Å². The molecule has 7 heteroatoms. The molecule has 1 saturated heterocycles. The summed E-state index contributed by atoms with van der Waals surface area (Å²) in [5, 5.41) is 3.00. The Labute approximate surface area is 82.3 Å². The van der Waals surface area contributed by atoms with Crippen LogP contribution in [0.4, 0.5) is 8.78 Å². The summed E-state index contributed by atoms with van der Waals surface area (Å²) in [6, 6.07) is 0.235. The number of hydrogen-bond donors (Lipinski definition) is 1. The van der Waals surface area contributed by atoms with Crippen molar-refractivity contribution in [3.8, 4) is 0 Å². The van der Waals surface area contributed by atoms with E-state index in [0.29, 0.717) is 12.8 Å². The number of sulfonamides is 1. The zero-order valence-corrected chi connectivity index (χ0v) is 8.73. The van der Waals surface area contributed by atoms with E-state index in [2.05, 4.69) is 5.32 Å². The minimum absolute atomic E-state index is 0.179. The van der Waals surface area contributed by atoms with E-state index in [-0.39, 0.29) is 19.1 Å². The van der Waals surface area contributed by atoms with Crippen molar-refractivity contribution >= 4 is 10.0 Å². The molecule has 1 rings (SSSR count). The van der Waals surface area contributed by atoms with E-state index in [1.54, 1.807) is 7.05 Å². The average Bonchev–Trinajstić information content (AvgIpc) is 2.17. The molecule has 0 unspecified atom stereocenters. The van der Waals surface area contributed by atoms with E-state index in [1.165, 1.54) is 0 Å². The lowest BCUT2D eigenvalue weighted by Crippen LogP contribution is -2.45. The van der Waals surface area contributed by atoms with Crippen LogP contribution in [0, 0.1) is 0 Å². The van der Waals surface area contributed by atoms with Gasteiger partial charge < -0.3 is 5.32 Å². The van der Waals surface area contributed by atoms with Crippen LogP contribution in [-0.4, -0.2) is 44.7 Å². The van der Waals surface area contributed by atoms with E-state index in [1.807, 2.05) is 0 Å². The topological polar surface area (TPSA) is 49.4 Å². The molecule has 0 aromatic rings. The van der Waals surface area contributed by atoms with Crippen molar-refractivity contribution in [2.75, 3.05) is 20.1 Å². The summed E-state index contributed by atoms with van der Waals surface area (Å²) in [6.45, 7) is 0.357. The third-order valence-electron chi connectivity index (χ3n) is 2.45. The number of halogens is 2. The van der Waals surface area contributed by atoms with Crippen LogP contribution in [-0.2, 0) is 10.0 Å². The quantitative estimate of drug-likeness (QED) is 0.752. The van der Waals surface area contributed by atoms with Crippen LogP contribution in [0.2, 0.25) is 0 Å². The van der Waals surface area contributed by atoms with Crippen molar-refractivity contribution in [1.29, 1.82) is 0 Å². The summed E-state index contributed by atoms with van der Waals surface area (Å²) >= 11 is 0. The number of nitrogens with zero attached hydrogens (tertiary/aromatic N) is 1. The Balaban J connectivity index is 2.58. The third-order valence-corrected chi connectivity index (χ3v) is 3.98. The maximum atomic E-state index is 12.1. The minimum atomic E-state index is -4.36. The SMILES string of the molecule is CNC1CCN(S(=O)(=O)C(F)F)CC1. The van der Waals surface area contributed by atoms with Crippen molar-refractivity contribution in [3.05, 3.63) is 0 Å². The van der Waals surface area contributed by atoms with Gasteiger partial charge in [-0.1, -0.05) is 0 Å². The molecule has 0 aromatic carbocycles. The van der Waals surface area contributed by atoms with E-state index >= 15 is 0 Å². The van der Waals surface area contributed by atoms with Crippen molar-refractivity contribution in [2.45, 2.75) is 24.6 Å². The van der Waals surface area contributed by atoms with Crippen LogP contribution < -0.4 is 5.32 Å².